The van der Waals surface area contributed by atoms with Crippen LogP contribution in [-0.2, 0) is 14.8 Å². The van der Waals surface area contributed by atoms with Crippen molar-refractivity contribution >= 4 is 21.8 Å². The van der Waals surface area contributed by atoms with Gasteiger partial charge in [0.05, 0.1) is 4.90 Å². The quantitative estimate of drug-likeness (QED) is 0.868. The third kappa shape index (κ3) is 2.85. The minimum absolute atomic E-state index is 0.0245. The molecule has 2 aliphatic rings. The average molecular weight is 321 g/mol. The molecule has 0 bridgehead atoms. The lowest BCUT2D eigenvalue weighted by Gasteiger charge is -2.17. The standard InChI is InChI=1S/C15H19N3O3S/c1-9(2)13(15(19)16-10-7-8-10)17-14-11-5-3-4-6-12(11)22(20,21)18-14/h3-6,9-10,13H,7-8H2,1-2H3,(H,16,19)(H,17,18)/t13-/m1/s1. The minimum Gasteiger partial charge on any atom is -0.352 e. The average Bonchev–Trinajstić information content (AvgIpc) is 3.22. The number of carbonyl (C=O) groups excluding carboxylic acids is 1. The van der Waals surface area contributed by atoms with Crippen LogP contribution in [0.4, 0.5) is 0 Å². The highest BCUT2D eigenvalue weighted by Gasteiger charge is 2.33. The molecule has 1 aromatic carbocycles. The Balaban J connectivity index is 1.94. The van der Waals surface area contributed by atoms with E-state index in [2.05, 4.69) is 15.0 Å². The Kier molecular flexibility index (Phi) is 3.68. The normalized spacial score (nSPS) is 22.2. The van der Waals surface area contributed by atoms with Crippen LogP contribution in [0, 0.1) is 5.92 Å². The first-order valence-electron chi connectivity index (χ1n) is 7.39. The van der Waals surface area contributed by atoms with Gasteiger partial charge in [0.25, 0.3) is 10.0 Å². The van der Waals surface area contributed by atoms with Crippen LogP contribution in [0.25, 0.3) is 0 Å². The van der Waals surface area contributed by atoms with Gasteiger partial charge in [0, 0.05) is 11.6 Å². The first-order valence-corrected chi connectivity index (χ1v) is 8.87. The van der Waals surface area contributed by atoms with Gasteiger partial charge < -0.3 is 5.32 Å². The van der Waals surface area contributed by atoms with E-state index in [4.69, 9.17) is 0 Å². The van der Waals surface area contributed by atoms with Gasteiger partial charge in [0.1, 0.15) is 11.9 Å². The highest BCUT2D eigenvalue weighted by Crippen LogP contribution is 2.24. The largest absolute Gasteiger partial charge is 0.352 e. The van der Waals surface area contributed by atoms with Crippen LogP contribution >= 0.6 is 0 Å². The molecular formula is C15H19N3O3S. The van der Waals surface area contributed by atoms with Crippen molar-refractivity contribution in [1.82, 2.24) is 10.0 Å². The maximum atomic E-state index is 12.3. The van der Waals surface area contributed by atoms with Gasteiger partial charge in [0.15, 0.2) is 0 Å². The summed E-state index contributed by atoms with van der Waals surface area (Å²) in [6.45, 7) is 3.80. The molecule has 1 fully saturated rings. The lowest BCUT2D eigenvalue weighted by molar-refractivity contribution is -0.123. The lowest BCUT2D eigenvalue weighted by Crippen LogP contribution is -2.39. The van der Waals surface area contributed by atoms with E-state index < -0.39 is 16.1 Å². The molecule has 0 unspecified atom stereocenters. The van der Waals surface area contributed by atoms with Crippen LogP contribution < -0.4 is 10.0 Å². The van der Waals surface area contributed by atoms with Gasteiger partial charge in [-0.25, -0.2) is 8.42 Å². The third-order valence-electron chi connectivity index (χ3n) is 3.75. The molecule has 1 aromatic rings. The zero-order valence-corrected chi connectivity index (χ0v) is 13.4. The van der Waals surface area contributed by atoms with Crippen molar-refractivity contribution in [3.63, 3.8) is 0 Å². The van der Waals surface area contributed by atoms with Crippen molar-refractivity contribution in [2.75, 3.05) is 0 Å². The number of aliphatic imine (C=N–C) groups is 1. The summed E-state index contributed by atoms with van der Waals surface area (Å²) >= 11 is 0. The van der Waals surface area contributed by atoms with E-state index in [1.165, 1.54) is 6.07 Å². The number of hydrogen-bond acceptors (Lipinski definition) is 4. The lowest BCUT2D eigenvalue weighted by atomic mass is 10.0. The highest BCUT2D eigenvalue weighted by atomic mass is 32.2. The number of sulfonamides is 1. The van der Waals surface area contributed by atoms with Gasteiger partial charge in [-0.2, -0.15) is 0 Å². The van der Waals surface area contributed by atoms with Crippen molar-refractivity contribution in [1.29, 1.82) is 0 Å². The summed E-state index contributed by atoms with van der Waals surface area (Å²) in [4.78, 5) is 16.9. The second-order valence-electron chi connectivity index (χ2n) is 6.05. The maximum absolute atomic E-state index is 12.3. The number of amidine groups is 1. The molecule has 0 spiro atoms. The minimum atomic E-state index is -3.57. The fourth-order valence-corrected chi connectivity index (χ4v) is 3.63. The van der Waals surface area contributed by atoms with Crippen LogP contribution in [0.3, 0.4) is 0 Å². The molecule has 0 saturated heterocycles. The van der Waals surface area contributed by atoms with E-state index in [-0.39, 0.29) is 28.6 Å². The maximum Gasteiger partial charge on any atom is 0.263 e. The smallest absolute Gasteiger partial charge is 0.263 e. The molecule has 0 aromatic heterocycles. The molecule has 3 rings (SSSR count). The van der Waals surface area contributed by atoms with E-state index in [0.29, 0.717) is 5.56 Å². The van der Waals surface area contributed by atoms with Crippen LogP contribution in [0.1, 0.15) is 32.3 Å². The summed E-state index contributed by atoms with van der Waals surface area (Å²) in [5.41, 5.74) is 0.521. The van der Waals surface area contributed by atoms with Crippen LogP contribution in [-0.4, -0.2) is 32.2 Å². The number of rotatable bonds is 4. The number of fused-ring (bicyclic) bond motifs is 1. The molecule has 1 atom stereocenters. The number of nitrogens with one attached hydrogen (secondary N) is 2. The van der Waals surface area contributed by atoms with Crippen molar-refractivity contribution in [3.05, 3.63) is 29.8 Å². The molecule has 6 nitrogen and oxygen atoms in total. The topological polar surface area (TPSA) is 87.6 Å². The summed E-state index contributed by atoms with van der Waals surface area (Å²) in [5.74, 6) is 0.0809. The summed E-state index contributed by atoms with van der Waals surface area (Å²) in [7, 11) is -3.57. The molecule has 1 aliphatic carbocycles. The van der Waals surface area contributed by atoms with Crippen LogP contribution in [0.2, 0.25) is 0 Å². The third-order valence-corrected chi connectivity index (χ3v) is 5.15. The van der Waals surface area contributed by atoms with E-state index in [1.54, 1.807) is 18.2 Å². The monoisotopic (exact) mass is 321 g/mol. The number of amides is 1. The Bertz CT molecular complexity index is 736. The SMILES string of the molecule is CC(C)[C@@H](N=C1NS(=O)(=O)c2ccccc21)C(=O)NC1CC1. The molecule has 1 saturated carbocycles. The predicted octanol–water partition coefficient (Wildman–Crippen LogP) is 1.03. The van der Waals surface area contributed by atoms with Crippen LogP contribution in [0.5, 0.6) is 0 Å². The van der Waals surface area contributed by atoms with E-state index >= 15 is 0 Å². The molecule has 118 valence electrons. The van der Waals surface area contributed by atoms with E-state index in [9.17, 15) is 13.2 Å². The van der Waals surface area contributed by atoms with Gasteiger partial charge in [0.2, 0.25) is 5.91 Å². The van der Waals surface area contributed by atoms with Crippen molar-refractivity contribution in [2.45, 2.75) is 43.7 Å². The molecule has 1 heterocycles. The fraction of sp³-hybridized carbons (Fsp3) is 0.467. The van der Waals surface area contributed by atoms with Gasteiger partial charge in [-0.05, 0) is 30.9 Å². The van der Waals surface area contributed by atoms with Crippen molar-refractivity contribution in [2.24, 2.45) is 10.9 Å². The highest BCUT2D eigenvalue weighted by molar-refractivity contribution is 7.90. The van der Waals surface area contributed by atoms with E-state index in [0.717, 1.165) is 12.8 Å². The van der Waals surface area contributed by atoms with Gasteiger partial charge >= 0.3 is 0 Å². The second kappa shape index (κ2) is 5.39. The van der Waals surface area contributed by atoms with Crippen molar-refractivity contribution in [3.8, 4) is 0 Å². The van der Waals surface area contributed by atoms with Gasteiger partial charge in [-0.15, -0.1) is 0 Å². The van der Waals surface area contributed by atoms with Gasteiger partial charge in [-0.3, -0.25) is 14.5 Å². The Morgan fingerprint density at radius 1 is 1.32 bits per heavy atom. The Hall–Kier alpha value is -1.89. The summed E-state index contributed by atoms with van der Waals surface area (Å²) in [6.07, 6.45) is 2.01. The number of hydrogen-bond donors (Lipinski definition) is 2. The first kappa shape index (κ1) is 15.0. The zero-order chi connectivity index (χ0) is 15.9. The Morgan fingerprint density at radius 2 is 2.00 bits per heavy atom. The van der Waals surface area contributed by atoms with Gasteiger partial charge in [-0.1, -0.05) is 26.0 Å². The molecule has 22 heavy (non-hydrogen) atoms. The number of carbonyl (C=O) groups is 1. The molecule has 1 aliphatic heterocycles. The summed E-state index contributed by atoms with van der Waals surface area (Å²) < 4.78 is 26.6. The summed E-state index contributed by atoms with van der Waals surface area (Å²) in [6, 6.07) is 6.30. The second-order valence-corrected chi connectivity index (χ2v) is 7.70. The number of nitrogens with zero attached hydrogens (tertiary/aromatic N) is 1. The Morgan fingerprint density at radius 3 is 2.64 bits per heavy atom. The Labute approximate surface area is 130 Å². The fourth-order valence-electron chi connectivity index (χ4n) is 2.39. The molecule has 2 N–H and O–H groups in total. The van der Waals surface area contributed by atoms with E-state index in [1.807, 2.05) is 13.8 Å². The van der Waals surface area contributed by atoms with Crippen LogP contribution in [0.15, 0.2) is 34.2 Å². The predicted molar refractivity (Wildman–Crippen MR) is 83.1 cm³/mol. The zero-order valence-electron chi connectivity index (χ0n) is 12.5. The number of benzene rings is 1. The molecule has 7 heteroatoms. The molecular weight excluding hydrogens is 302 g/mol. The van der Waals surface area contributed by atoms with Crippen molar-refractivity contribution < 1.29 is 13.2 Å². The molecule has 0 radical (unpaired) electrons. The molecule has 1 amide bonds. The first-order chi connectivity index (χ1) is 10.4. The summed E-state index contributed by atoms with van der Waals surface area (Å²) in [5, 5.41) is 2.93.